The molecule has 1 saturated heterocycles. The minimum atomic E-state index is -4.54. The van der Waals surface area contributed by atoms with Crippen molar-refractivity contribution in [2.45, 2.75) is 64.8 Å². The molecule has 0 saturated carbocycles. The van der Waals surface area contributed by atoms with Crippen molar-refractivity contribution in [1.29, 1.82) is 5.26 Å². The Balaban J connectivity index is 1.60. The second-order valence-corrected chi connectivity index (χ2v) is 11.4. The number of hydrogen-bond acceptors (Lipinski definition) is 9. The summed E-state index contributed by atoms with van der Waals surface area (Å²) in [6.45, 7) is 9.18. The minimum Gasteiger partial charge on any atom is -0.456 e. The van der Waals surface area contributed by atoms with Crippen LogP contribution in [0.1, 0.15) is 39.9 Å². The van der Waals surface area contributed by atoms with Gasteiger partial charge in [0.2, 0.25) is 0 Å². The van der Waals surface area contributed by atoms with Crippen LogP contribution in [0.4, 0.5) is 5.69 Å². The lowest BCUT2D eigenvalue weighted by Crippen LogP contribution is -2.63. The molecule has 1 fully saturated rings. The number of sulfonamides is 1. The van der Waals surface area contributed by atoms with Crippen molar-refractivity contribution in [3.63, 3.8) is 0 Å². The van der Waals surface area contributed by atoms with E-state index in [1.807, 2.05) is 24.3 Å². The second kappa shape index (κ2) is 12.1. The van der Waals surface area contributed by atoms with E-state index in [1.54, 1.807) is 25.1 Å². The predicted octanol–water partition coefficient (Wildman–Crippen LogP) is 3.34. The van der Waals surface area contributed by atoms with E-state index in [0.29, 0.717) is 12.2 Å². The predicted molar refractivity (Wildman–Crippen MR) is 152 cm³/mol. The van der Waals surface area contributed by atoms with Crippen LogP contribution in [0.2, 0.25) is 0 Å². The standard InChI is InChI=1S/C29H35N3O7S/c1-5-22-27(33)28(34)26(29(35)39-22)31-40(36,37)25(16-30)17(4)23-12-13-24(38-23)20-9-8-19-15-21(32(6-2)7-3)11-10-18(19)14-20/h8-15,22,26-29,31,33-35H,5-7H2,1-4H3/b25-17+/t22-,26-,27-,28-,29?/m1/s1. The molecule has 0 spiro atoms. The van der Waals surface area contributed by atoms with Crippen molar-refractivity contribution in [3.8, 4) is 17.4 Å². The molecule has 0 aliphatic carbocycles. The second-order valence-electron chi connectivity index (χ2n) is 9.75. The Morgan fingerprint density at radius 3 is 2.33 bits per heavy atom. The number of benzene rings is 2. The summed E-state index contributed by atoms with van der Waals surface area (Å²) in [6.07, 6.45) is -5.35. The number of nitrogens with one attached hydrogen (secondary N) is 1. The Kier molecular flexibility index (Phi) is 8.99. The maximum Gasteiger partial charge on any atom is 0.251 e. The molecule has 11 heteroatoms. The average Bonchev–Trinajstić information content (AvgIpc) is 3.44. The first-order chi connectivity index (χ1) is 19.0. The van der Waals surface area contributed by atoms with Crippen molar-refractivity contribution >= 4 is 32.1 Å². The summed E-state index contributed by atoms with van der Waals surface area (Å²) in [6, 6.07) is 15.5. The number of furan rings is 1. The first-order valence-corrected chi connectivity index (χ1v) is 14.7. The zero-order valence-electron chi connectivity index (χ0n) is 22.9. The van der Waals surface area contributed by atoms with Gasteiger partial charge in [0.05, 0.1) is 6.10 Å². The molecule has 5 atom stereocenters. The Bertz CT molecular complexity index is 1540. The summed E-state index contributed by atoms with van der Waals surface area (Å²) in [5, 5.41) is 42.8. The highest BCUT2D eigenvalue weighted by Crippen LogP contribution is 2.32. The average molecular weight is 570 g/mol. The zero-order valence-corrected chi connectivity index (χ0v) is 23.7. The lowest BCUT2D eigenvalue weighted by atomic mass is 9.96. The first-order valence-electron chi connectivity index (χ1n) is 13.3. The lowest BCUT2D eigenvalue weighted by molar-refractivity contribution is -0.244. The third-order valence-electron chi connectivity index (χ3n) is 7.34. The molecular weight excluding hydrogens is 534 g/mol. The van der Waals surface area contributed by atoms with Gasteiger partial charge in [-0.2, -0.15) is 9.98 Å². The number of anilines is 1. The Labute approximate surface area is 234 Å². The quantitative estimate of drug-likeness (QED) is 0.284. The molecule has 1 unspecified atom stereocenters. The highest BCUT2D eigenvalue weighted by molar-refractivity contribution is 7.93. The number of hydrogen-bond donors (Lipinski definition) is 4. The molecule has 1 aromatic heterocycles. The summed E-state index contributed by atoms with van der Waals surface area (Å²) in [5.41, 5.74) is 1.97. The van der Waals surface area contributed by atoms with Crippen LogP contribution in [0.5, 0.6) is 0 Å². The molecule has 3 aromatic rings. The van der Waals surface area contributed by atoms with Gasteiger partial charge in [-0.05, 0) is 68.3 Å². The molecule has 2 heterocycles. The van der Waals surface area contributed by atoms with Gasteiger partial charge in [0.1, 0.15) is 35.8 Å². The van der Waals surface area contributed by atoms with Crippen LogP contribution in [-0.4, -0.2) is 67.5 Å². The Hall–Kier alpha value is -3.24. The van der Waals surface area contributed by atoms with E-state index in [2.05, 4.69) is 35.6 Å². The maximum atomic E-state index is 13.1. The van der Waals surface area contributed by atoms with Gasteiger partial charge < -0.3 is 29.4 Å². The highest BCUT2D eigenvalue weighted by Gasteiger charge is 2.45. The summed E-state index contributed by atoms with van der Waals surface area (Å²) in [7, 11) is -4.54. The van der Waals surface area contributed by atoms with Crippen molar-refractivity contribution in [3.05, 3.63) is 59.2 Å². The van der Waals surface area contributed by atoms with E-state index in [0.717, 1.165) is 35.1 Å². The normalized spacial score (nSPS) is 24.0. The fourth-order valence-electron chi connectivity index (χ4n) is 4.97. The molecule has 0 amide bonds. The van der Waals surface area contributed by atoms with E-state index in [4.69, 9.17) is 9.15 Å². The number of nitriles is 1. The summed E-state index contributed by atoms with van der Waals surface area (Å²) in [4.78, 5) is 1.62. The minimum absolute atomic E-state index is 0.0404. The number of ether oxygens (including phenoxy) is 1. The summed E-state index contributed by atoms with van der Waals surface area (Å²) < 4.78 is 39.6. The Morgan fingerprint density at radius 1 is 1.00 bits per heavy atom. The van der Waals surface area contributed by atoms with Gasteiger partial charge in [-0.25, -0.2) is 8.42 Å². The van der Waals surface area contributed by atoms with E-state index in [9.17, 15) is 29.0 Å². The van der Waals surface area contributed by atoms with Crippen molar-refractivity contribution in [1.82, 2.24) is 4.72 Å². The SMILES string of the molecule is CC[C@H]1OC(O)[C@H](NS(=O)(=O)/C(C#N)=C(\C)c2ccc(-c3ccc4cc(N(CC)CC)ccc4c3)o2)[C@@H](O)[C@@H]1O. The van der Waals surface area contributed by atoms with E-state index in [1.165, 1.54) is 6.92 Å². The molecule has 1 aliphatic heterocycles. The topological polar surface area (TPSA) is 156 Å². The van der Waals surface area contributed by atoms with Crippen molar-refractivity contribution < 1.29 is 32.9 Å². The van der Waals surface area contributed by atoms with Gasteiger partial charge in [-0.1, -0.05) is 25.1 Å². The van der Waals surface area contributed by atoms with Crippen LogP contribution >= 0.6 is 0 Å². The monoisotopic (exact) mass is 569 g/mol. The maximum absolute atomic E-state index is 13.1. The van der Waals surface area contributed by atoms with E-state index in [-0.39, 0.29) is 11.3 Å². The smallest absolute Gasteiger partial charge is 0.251 e. The molecule has 2 aromatic carbocycles. The molecule has 10 nitrogen and oxygen atoms in total. The fraction of sp³-hybridized carbons (Fsp3) is 0.414. The third-order valence-corrected chi connectivity index (χ3v) is 8.85. The molecule has 4 rings (SSSR count). The molecule has 40 heavy (non-hydrogen) atoms. The summed E-state index contributed by atoms with van der Waals surface area (Å²) >= 11 is 0. The van der Waals surface area contributed by atoms with E-state index >= 15 is 0 Å². The van der Waals surface area contributed by atoms with Crippen molar-refractivity contribution in [2.24, 2.45) is 0 Å². The van der Waals surface area contributed by atoms with Gasteiger partial charge >= 0.3 is 0 Å². The molecule has 1 aliphatic rings. The number of rotatable bonds is 9. The van der Waals surface area contributed by atoms with Crippen molar-refractivity contribution in [2.75, 3.05) is 18.0 Å². The van der Waals surface area contributed by atoms with Gasteiger partial charge in [0.25, 0.3) is 10.0 Å². The number of allylic oxidation sites excluding steroid dienone is 2. The summed E-state index contributed by atoms with van der Waals surface area (Å²) in [5.74, 6) is 0.660. The van der Waals surface area contributed by atoms with Crippen LogP contribution in [-0.2, 0) is 14.8 Å². The van der Waals surface area contributed by atoms with Gasteiger partial charge in [0.15, 0.2) is 11.2 Å². The van der Waals surface area contributed by atoms with Gasteiger partial charge in [-0.3, -0.25) is 0 Å². The van der Waals surface area contributed by atoms with Crippen LogP contribution in [0.15, 0.2) is 57.9 Å². The molecule has 214 valence electrons. The number of aliphatic hydroxyl groups is 3. The van der Waals surface area contributed by atoms with Gasteiger partial charge in [0, 0.05) is 29.9 Å². The third kappa shape index (κ3) is 5.78. The van der Waals surface area contributed by atoms with Crippen LogP contribution in [0, 0.1) is 11.3 Å². The molecule has 4 N–H and O–H groups in total. The molecule has 0 bridgehead atoms. The van der Waals surface area contributed by atoms with E-state index < -0.39 is 45.6 Å². The molecule has 0 radical (unpaired) electrons. The lowest BCUT2D eigenvalue weighted by Gasteiger charge is -2.40. The number of fused-ring (bicyclic) bond motifs is 1. The van der Waals surface area contributed by atoms with Crippen LogP contribution in [0.3, 0.4) is 0 Å². The number of aliphatic hydroxyl groups excluding tert-OH is 3. The van der Waals surface area contributed by atoms with Crippen LogP contribution in [0.25, 0.3) is 27.7 Å². The van der Waals surface area contributed by atoms with Crippen LogP contribution < -0.4 is 9.62 Å². The Morgan fingerprint density at radius 2 is 1.68 bits per heavy atom. The zero-order chi connectivity index (χ0) is 29.2. The first kappa shape index (κ1) is 29.7. The van der Waals surface area contributed by atoms with Gasteiger partial charge in [-0.15, -0.1) is 0 Å². The fourth-order valence-corrected chi connectivity index (χ4v) is 6.33. The number of nitrogens with zero attached hydrogens (tertiary/aromatic N) is 2. The largest absolute Gasteiger partial charge is 0.456 e. The molecular formula is C29H35N3O7S. The highest BCUT2D eigenvalue weighted by atomic mass is 32.2.